The zero-order valence-corrected chi connectivity index (χ0v) is 11.5. The van der Waals surface area contributed by atoms with Gasteiger partial charge in [0.25, 0.3) is 0 Å². The summed E-state index contributed by atoms with van der Waals surface area (Å²) < 4.78 is 0. The highest BCUT2D eigenvalue weighted by atomic mass is 16.6. The molecule has 0 aromatic rings. The average Bonchev–Trinajstić information content (AvgIpc) is 2.34. The first-order chi connectivity index (χ1) is 9.07. The number of allylic oxidation sites excluding steroid dienone is 4. The van der Waals surface area contributed by atoms with E-state index in [1.165, 1.54) is 25.3 Å². The van der Waals surface area contributed by atoms with Crippen LogP contribution in [0.25, 0.3) is 0 Å². The van der Waals surface area contributed by atoms with E-state index >= 15 is 0 Å². The summed E-state index contributed by atoms with van der Waals surface area (Å²) in [6.45, 7) is 2.15. The third kappa shape index (κ3) is 11.2. The number of carbonyl (C=O) groups is 1. The van der Waals surface area contributed by atoms with Crippen molar-refractivity contribution in [1.82, 2.24) is 0 Å². The van der Waals surface area contributed by atoms with E-state index in [9.17, 15) is 14.9 Å². The highest BCUT2D eigenvalue weighted by Crippen LogP contribution is 2.09. The summed E-state index contributed by atoms with van der Waals surface area (Å²) >= 11 is 0. The van der Waals surface area contributed by atoms with Gasteiger partial charge in [-0.3, -0.25) is 14.9 Å². The minimum atomic E-state index is -0.922. The zero-order valence-electron chi connectivity index (χ0n) is 11.5. The molecule has 19 heavy (non-hydrogen) atoms. The van der Waals surface area contributed by atoms with Crippen LogP contribution in [0.4, 0.5) is 0 Å². The first kappa shape index (κ1) is 17.4. The van der Waals surface area contributed by atoms with Crippen LogP contribution in [0.3, 0.4) is 0 Å². The minimum Gasteiger partial charge on any atom is -0.481 e. The second-order valence-corrected chi connectivity index (χ2v) is 4.44. The van der Waals surface area contributed by atoms with E-state index in [4.69, 9.17) is 5.11 Å². The van der Waals surface area contributed by atoms with Crippen molar-refractivity contribution in [2.24, 2.45) is 0 Å². The third-order valence-electron chi connectivity index (χ3n) is 2.71. The van der Waals surface area contributed by atoms with Crippen LogP contribution < -0.4 is 0 Å². The minimum absolute atomic E-state index is 0.0358. The fourth-order valence-corrected chi connectivity index (χ4v) is 1.62. The monoisotopic (exact) mass is 269 g/mol. The molecule has 0 aromatic heterocycles. The third-order valence-corrected chi connectivity index (χ3v) is 2.71. The number of carboxylic acids is 1. The maximum Gasteiger partial charge on any atom is 0.303 e. The lowest BCUT2D eigenvalue weighted by Gasteiger charge is -1.96. The Morgan fingerprint density at radius 1 is 1.21 bits per heavy atom. The van der Waals surface area contributed by atoms with Crippen LogP contribution >= 0.6 is 0 Å². The first-order valence-corrected chi connectivity index (χ1v) is 6.79. The number of carboxylic acid groups (broad SMARTS) is 1. The summed E-state index contributed by atoms with van der Waals surface area (Å²) in [5.74, 6) is -0.922. The summed E-state index contributed by atoms with van der Waals surface area (Å²) in [7, 11) is 0. The second kappa shape index (κ2) is 11.4. The maximum atomic E-state index is 10.7. The Morgan fingerprint density at radius 3 is 2.53 bits per heavy atom. The first-order valence-electron chi connectivity index (χ1n) is 6.79. The standard InChI is InChI=1S/C14H23NO4/c1-2-3-4-5-6-7-8-10-13(15(18)19)11-9-12-14(16)17/h7-8,10H,2-6,9,11-12H2,1H3,(H,16,17)/b8-7+,13-10+. The van der Waals surface area contributed by atoms with Gasteiger partial charge in [0.15, 0.2) is 0 Å². The number of nitro groups is 1. The average molecular weight is 269 g/mol. The normalized spacial score (nSPS) is 11.9. The molecule has 0 amide bonds. The van der Waals surface area contributed by atoms with E-state index in [1.54, 1.807) is 6.08 Å². The van der Waals surface area contributed by atoms with Crippen molar-refractivity contribution < 1.29 is 14.8 Å². The lowest BCUT2D eigenvalue weighted by atomic mass is 10.1. The van der Waals surface area contributed by atoms with Gasteiger partial charge in [-0.25, -0.2) is 0 Å². The van der Waals surface area contributed by atoms with Crippen LogP contribution in [0.1, 0.15) is 58.3 Å². The molecule has 0 spiro atoms. The molecule has 0 aromatic carbocycles. The van der Waals surface area contributed by atoms with Crippen LogP contribution in [-0.4, -0.2) is 16.0 Å². The van der Waals surface area contributed by atoms with Crippen LogP contribution in [0.5, 0.6) is 0 Å². The molecule has 0 heterocycles. The molecule has 0 bridgehead atoms. The van der Waals surface area contributed by atoms with E-state index in [-0.39, 0.29) is 18.5 Å². The van der Waals surface area contributed by atoms with E-state index in [1.807, 2.05) is 6.08 Å². The maximum absolute atomic E-state index is 10.7. The molecule has 5 heteroatoms. The molecular formula is C14H23NO4. The summed E-state index contributed by atoms with van der Waals surface area (Å²) in [6, 6.07) is 0. The van der Waals surface area contributed by atoms with Gasteiger partial charge in [0.1, 0.15) is 0 Å². The van der Waals surface area contributed by atoms with Gasteiger partial charge >= 0.3 is 5.97 Å². The molecule has 0 aliphatic rings. The van der Waals surface area contributed by atoms with Crippen LogP contribution in [-0.2, 0) is 4.79 Å². The quantitative estimate of drug-likeness (QED) is 0.267. The molecule has 0 saturated carbocycles. The fourth-order valence-electron chi connectivity index (χ4n) is 1.62. The molecule has 0 saturated heterocycles. The highest BCUT2D eigenvalue weighted by molar-refractivity contribution is 5.66. The Kier molecular flexibility index (Phi) is 10.4. The number of hydrogen-bond acceptors (Lipinski definition) is 3. The molecule has 0 radical (unpaired) electrons. The molecule has 108 valence electrons. The number of unbranched alkanes of at least 4 members (excludes halogenated alkanes) is 4. The Balaban J connectivity index is 4.01. The molecule has 0 fully saturated rings. The van der Waals surface area contributed by atoms with E-state index in [0.29, 0.717) is 6.42 Å². The van der Waals surface area contributed by atoms with E-state index < -0.39 is 10.9 Å². The van der Waals surface area contributed by atoms with E-state index in [0.717, 1.165) is 12.8 Å². The van der Waals surface area contributed by atoms with Crippen molar-refractivity contribution in [3.8, 4) is 0 Å². The molecule has 0 aliphatic heterocycles. The molecule has 0 aliphatic carbocycles. The number of aliphatic carboxylic acids is 1. The number of hydrogen-bond donors (Lipinski definition) is 1. The fraction of sp³-hybridized carbons (Fsp3) is 0.643. The summed E-state index contributed by atoms with van der Waals surface area (Å²) in [6.07, 6.45) is 11.2. The van der Waals surface area contributed by atoms with Crippen LogP contribution in [0.15, 0.2) is 23.9 Å². The molecule has 0 unspecified atom stereocenters. The van der Waals surface area contributed by atoms with Crippen molar-refractivity contribution in [1.29, 1.82) is 0 Å². The second-order valence-electron chi connectivity index (χ2n) is 4.44. The topological polar surface area (TPSA) is 80.4 Å². The summed E-state index contributed by atoms with van der Waals surface area (Å²) in [4.78, 5) is 20.6. The summed E-state index contributed by atoms with van der Waals surface area (Å²) in [5, 5.41) is 19.2. The van der Waals surface area contributed by atoms with Gasteiger partial charge in [-0.05, 0) is 19.3 Å². The smallest absolute Gasteiger partial charge is 0.303 e. The van der Waals surface area contributed by atoms with Crippen molar-refractivity contribution in [3.63, 3.8) is 0 Å². The molecule has 1 N–H and O–H groups in total. The molecule has 5 nitrogen and oxygen atoms in total. The van der Waals surface area contributed by atoms with Crippen molar-refractivity contribution in [2.75, 3.05) is 0 Å². The molecule has 0 rings (SSSR count). The summed E-state index contributed by atoms with van der Waals surface area (Å²) in [5.41, 5.74) is 0.0751. The highest BCUT2D eigenvalue weighted by Gasteiger charge is 2.09. The predicted molar refractivity (Wildman–Crippen MR) is 74.5 cm³/mol. The number of nitrogens with zero attached hydrogens (tertiary/aromatic N) is 1. The van der Waals surface area contributed by atoms with Crippen molar-refractivity contribution in [3.05, 3.63) is 34.0 Å². The Hall–Kier alpha value is -1.65. The number of rotatable bonds is 11. The zero-order chi connectivity index (χ0) is 14.5. The van der Waals surface area contributed by atoms with Crippen LogP contribution in [0.2, 0.25) is 0 Å². The Labute approximate surface area is 114 Å². The van der Waals surface area contributed by atoms with Crippen molar-refractivity contribution in [2.45, 2.75) is 58.3 Å². The lowest BCUT2D eigenvalue weighted by Crippen LogP contribution is -2.00. The predicted octanol–water partition coefficient (Wildman–Crippen LogP) is 3.93. The SMILES string of the molecule is CCCCCC/C=C/C=C(\CCCC(=O)O)[N+](=O)[O-]. The van der Waals surface area contributed by atoms with Gasteiger partial charge in [-0.2, -0.15) is 0 Å². The van der Waals surface area contributed by atoms with Gasteiger partial charge in [0.05, 0.1) is 4.92 Å². The van der Waals surface area contributed by atoms with Gasteiger partial charge in [0, 0.05) is 18.9 Å². The van der Waals surface area contributed by atoms with Gasteiger partial charge in [-0.1, -0.05) is 38.3 Å². The largest absolute Gasteiger partial charge is 0.481 e. The van der Waals surface area contributed by atoms with Gasteiger partial charge in [-0.15, -0.1) is 0 Å². The molecular weight excluding hydrogens is 246 g/mol. The van der Waals surface area contributed by atoms with Crippen molar-refractivity contribution >= 4 is 5.97 Å². The van der Waals surface area contributed by atoms with Gasteiger partial charge in [0.2, 0.25) is 5.70 Å². The lowest BCUT2D eigenvalue weighted by molar-refractivity contribution is -0.428. The Bertz CT molecular complexity index is 334. The Morgan fingerprint density at radius 2 is 1.95 bits per heavy atom. The molecule has 0 atom stereocenters. The van der Waals surface area contributed by atoms with Crippen LogP contribution in [0, 0.1) is 10.1 Å². The van der Waals surface area contributed by atoms with Gasteiger partial charge < -0.3 is 5.11 Å². The van der Waals surface area contributed by atoms with E-state index in [2.05, 4.69) is 6.92 Å².